The second kappa shape index (κ2) is 4.14. The van der Waals surface area contributed by atoms with Crippen molar-refractivity contribution in [3.63, 3.8) is 0 Å². The molecule has 2 rings (SSSR count). The molecule has 1 aromatic carbocycles. The number of carbonyl (C=O) groups is 1. The third-order valence-corrected chi connectivity index (χ3v) is 2.89. The van der Waals surface area contributed by atoms with E-state index in [-0.39, 0.29) is 11.8 Å². The fourth-order valence-corrected chi connectivity index (χ4v) is 2.09. The molecule has 0 spiro atoms. The average molecular weight is 200 g/mol. The number of carbonyl (C=O) groups excluding carboxylic acids is 1. The average Bonchev–Trinajstić information content (AvgIpc) is 2.73. The number of nitrogens with zero attached hydrogens (tertiary/aromatic N) is 2. The van der Waals surface area contributed by atoms with E-state index in [4.69, 9.17) is 5.26 Å². The van der Waals surface area contributed by atoms with Gasteiger partial charge in [-0.3, -0.25) is 4.79 Å². The van der Waals surface area contributed by atoms with Crippen molar-refractivity contribution in [1.29, 1.82) is 5.26 Å². The first-order valence-corrected chi connectivity index (χ1v) is 4.99. The quantitative estimate of drug-likeness (QED) is 0.677. The van der Waals surface area contributed by atoms with E-state index < -0.39 is 0 Å². The molecular weight excluding hydrogens is 188 g/mol. The SMILES string of the molecule is N#CC1CN(C=O)C[C@@H]1c1ccccc1. The monoisotopic (exact) mass is 200 g/mol. The first-order valence-electron chi connectivity index (χ1n) is 4.99. The van der Waals surface area contributed by atoms with E-state index in [1.54, 1.807) is 4.90 Å². The Hall–Kier alpha value is -1.82. The van der Waals surface area contributed by atoms with Crippen LogP contribution in [0.2, 0.25) is 0 Å². The van der Waals surface area contributed by atoms with Gasteiger partial charge in [0.25, 0.3) is 0 Å². The molecule has 0 radical (unpaired) electrons. The highest BCUT2D eigenvalue weighted by Gasteiger charge is 2.32. The van der Waals surface area contributed by atoms with Crippen LogP contribution in [0, 0.1) is 17.2 Å². The smallest absolute Gasteiger partial charge is 0.209 e. The molecular formula is C12H12N2O. The standard InChI is InChI=1S/C12H12N2O/c13-6-11-7-14(9-15)8-12(11)10-4-2-1-3-5-10/h1-5,9,11-12H,7-8H2/t11?,12-/m1/s1. The maximum Gasteiger partial charge on any atom is 0.209 e. The molecule has 0 N–H and O–H groups in total. The highest BCUT2D eigenvalue weighted by Crippen LogP contribution is 2.31. The van der Waals surface area contributed by atoms with Crippen LogP contribution in [0.25, 0.3) is 0 Å². The molecule has 1 aliphatic heterocycles. The number of rotatable bonds is 2. The summed E-state index contributed by atoms with van der Waals surface area (Å²) in [7, 11) is 0. The predicted molar refractivity (Wildman–Crippen MR) is 55.9 cm³/mol. The van der Waals surface area contributed by atoms with E-state index in [1.165, 1.54) is 0 Å². The lowest BCUT2D eigenvalue weighted by Gasteiger charge is -2.12. The van der Waals surface area contributed by atoms with Gasteiger partial charge in [0.1, 0.15) is 0 Å². The molecule has 2 atom stereocenters. The third kappa shape index (κ3) is 1.84. The zero-order valence-electron chi connectivity index (χ0n) is 8.34. The van der Waals surface area contributed by atoms with Crippen LogP contribution in [0.1, 0.15) is 11.5 Å². The van der Waals surface area contributed by atoms with Crippen molar-refractivity contribution in [2.45, 2.75) is 5.92 Å². The van der Waals surface area contributed by atoms with E-state index in [9.17, 15) is 4.79 Å². The summed E-state index contributed by atoms with van der Waals surface area (Å²) in [4.78, 5) is 12.3. The Balaban J connectivity index is 2.23. The van der Waals surface area contributed by atoms with Gasteiger partial charge in [-0.15, -0.1) is 0 Å². The Morgan fingerprint density at radius 1 is 1.33 bits per heavy atom. The van der Waals surface area contributed by atoms with Gasteiger partial charge in [0.2, 0.25) is 6.41 Å². The second-order valence-corrected chi connectivity index (χ2v) is 3.81. The molecule has 0 aromatic heterocycles. The van der Waals surface area contributed by atoms with E-state index >= 15 is 0 Å². The van der Waals surface area contributed by atoms with Crippen molar-refractivity contribution in [3.05, 3.63) is 35.9 Å². The molecule has 76 valence electrons. The number of hydrogen-bond donors (Lipinski definition) is 0. The lowest BCUT2D eigenvalue weighted by Crippen LogP contribution is -2.17. The van der Waals surface area contributed by atoms with Gasteiger partial charge in [0.05, 0.1) is 12.0 Å². The summed E-state index contributed by atoms with van der Waals surface area (Å²) in [6, 6.07) is 12.2. The van der Waals surface area contributed by atoms with Gasteiger partial charge in [0.15, 0.2) is 0 Å². The molecule has 1 unspecified atom stereocenters. The first-order chi connectivity index (χ1) is 7.35. The molecule has 1 aromatic rings. The fourth-order valence-electron chi connectivity index (χ4n) is 2.09. The van der Waals surface area contributed by atoms with Crippen LogP contribution in [0.3, 0.4) is 0 Å². The number of hydrogen-bond acceptors (Lipinski definition) is 2. The first kappa shape index (κ1) is 9.72. The van der Waals surface area contributed by atoms with Crippen LogP contribution in [0.15, 0.2) is 30.3 Å². The Morgan fingerprint density at radius 2 is 2.07 bits per heavy atom. The highest BCUT2D eigenvalue weighted by molar-refractivity contribution is 5.49. The number of nitriles is 1. The molecule has 1 saturated heterocycles. The predicted octanol–water partition coefficient (Wildman–Crippen LogP) is 1.38. The summed E-state index contributed by atoms with van der Waals surface area (Å²) in [5.41, 5.74) is 1.15. The second-order valence-electron chi connectivity index (χ2n) is 3.81. The van der Waals surface area contributed by atoms with E-state index in [1.807, 2.05) is 30.3 Å². The van der Waals surface area contributed by atoms with Crippen molar-refractivity contribution in [2.75, 3.05) is 13.1 Å². The summed E-state index contributed by atoms with van der Waals surface area (Å²) < 4.78 is 0. The zero-order chi connectivity index (χ0) is 10.7. The molecule has 15 heavy (non-hydrogen) atoms. The normalized spacial score (nSPS) is 24.9. The summed E-state index contributed by atoms with van der Waals surface area (Å²) in [6.45, 7) is 1.21. The maximum absolute atomic E-state index is 10.7. The van der Waals surface area contributed by atoms with Crippen LogP contribution in [-0.2, 0) is 4.79 Å². The minimum absolute atomic E-state index is 0.0717. The highest BCUT2D eigenvalue weighted by atomic mass is 16.1. The lowest BCUT2D eigenvalue weighted by atomic mass is 9.90. The number of benzene rings is 1. The minimum Gasteiger partial charge on any atom is -0.343 e. The zero-order valence-corrected chi connectivity index (χ0v) is 8.34. The van der Waals surface area contributed by atoms with E-state index in [2.05, 4.69) is 6.07 Å². The van der Waals surface area contributed by atoms with Crippen molar-refractivity contribution in [1.82, 2.24) is 4.90 Å². The van der Waals surface area contributed by atoms with Crippen LogP contribution in [-0.4, -0.2) is 24.4 Å². The Labute approximate surface area is 88.9 Å². The Bertz CT molecular complexity index is 382. The molecule has 3 heteroatoms. The third-order valence-electron chi connectivity index (χ3n) is 2.89. The topological polar surface area (TPSA) is 44.1 Å². The maximum atomic E-state index is 10.7. The van der Waals surface area contributed by atoms with E-state index in [0.29, 0.717) is 13.1 Å². The van der Waals surface area contributed by atoms with Crippen molar-refractivity contribution < 1.29 is 4.79 Å². The van der Waals surface area contributed by atoms with Gasteiger partial charge in [-0.05, 0) is 5.56 Å². The van der Waals surface area contributed by atoms with Gasteiger partial charge < -0.3 is 4.90 Å². The summed E-state index contributed by atoms with van der Waals surface area (Å²) in [6.07, 6.45) is 0.827. The van der Waals surface area contributed by atoms with Crippen molar-refractivity contribution in [3.8, 4) is 6.07 Å². The molecule has 0 aliphatic carbocycles. The Kier molecular flexibility index (Phi) is 2.68. The van der Waals surface area contributed by atoms with Crippen molar-refractivity contribution in [2.24, 2.45) is 5.92 Å². The molecule has 0 saturated carbocycles. The van der Waals surface area contributed by atoms with Gasteiger partial charge in [-0.1, -0.05) is 30.3 Å². The van der Waals surface area contributed by atoms with E-state index in [0.717, 1.165) is 12.0 Å². The van der Waals surface area contributed by atoms with Gasteiger partial charge in [-0.25, -0.2) is 0 Å². The lowest BCUT2D eigenvalue weighted by molar-refractivity contribution is -0.117. The molecule has 1 amide bonds. The summed E-state index contributed by atoms with van der Waals surface area (Å²) in [5, 5.41) is 9.02. The molecule has 1 fully saturated rings. The molecule has 1 heterocycles. The number of likely N-dealkylation sites (tertiary alicyclic amines) is 1. The van der Waals surface area contributed by atoms with Crippen molar-refractivity contribution >= 4 is 6.41 Å². The van der Waals surface area contributed by atoms with Gasteiger partial charge in [0, 0.05) is 19.0 Å². The fraction of sp³-hybridized carbons (Fsp3) is 0.333. The van der Waals surface area contributed by atoms with Crippen LogP contribution >= 0.6 is 0 Å². The minimum atomic E-state index is -0.0717. The van der Waals surface area contributed by atoms with Crippen LogP contribution in [0.4, 0.5) is 0 Å². The Morgan fingerprint density at radius 3 is 2.67 bits per heavy atom. The van der Waals surface area contributed by atoms with Gasteiger partial charge >= 0.3 is 0 Å². The van der Waals surface area contributed by atoms with Crippen LogP contribution in [0.5, 0.6) is 0 Å². The number of amides is 1. The summed E-state index contributed by atoms with van der Waals surface area (Å²) in [5.74, 6) is 0.0963. The van der Waals surface area contributed by atoms with Gasteiger partial charge in [-0.2, -0.15) is 5.26 Å². The molecule has 3 nitrogen and oxygen atoms in total. The molecule has 1 aliphatic rings. The summed E-state index contributed by atoms with van der Waals surface area (Å²) >= 11 is 0. The largest absolute Gasteiger partial charge is 0.343 e. The molecule has 0 bridgehead atoms. The van der Waals surface area contributed by atoms with Crippen LogP contribution < -0.4 is 0 Å².